The highest BCUT2D eigenvalue weighted by atomic mass is 16.5. The topological polar surface area (TPSA) is 64.1 Å². The maximum atomic E-state index is 12.5. The molecule has 0 atom stereocenters. The van der Waals surface area contributed by atoms with Gasteiger partial charge in [0.15, 0.2) is 0 Å². The molecular formula is C17H16N2O3. The van der Waals surface area contributed by atoms with Crippen molar-refractivity contribution in [2.75, 3.05) is 7.11 Å². The molecule has 0 spiro atoms. The third-order valence-electron chi connectivity index (χ3n) is 3.64. The fourth-order valence-corrected chi connectivity index (χ4v) is 2.42. The standard InChI is InChI=1S/C17H16N2O3/c1-11-3-8-15-14(9-11)16(20)19(17(21)18-15)10-12-4-6-13(22-2)7-5-12/h3-9H,10H2,1-2H3,(H,18,21). The molecule has 0 amide bonds. The molecule has 1 N–H and O–H groups in total. The SMILES string of the molecule is COc1ccc(Cn2c(=O)[nH]c3ccc(C)cc3c2=O)cc1. The monoisotopic (exact) mass is 296 g/mol. The van der Waals surface area contributed by atoms with Gasteiger partial charge in [0.1, 0.15) is 5.75 Å². The third-order valence-corrected chi connectivity index (χ3v) is 3.64. The van der Waals surface area contributed by atoms with Crippen LogP contribution in [0.2, 0.25) is 0 Å². The Bertz CT molecular complexity index is 937. The number of methoxy groups -OCH3 is 1. The van der Waals surface area contributed by atoms with Gasteiger partial charge in [0, 0.05) is 0 Å². The molecule has 112 valence electrons. The van der Waals surface area contributed by atoms with Crippen LogP contribution in [0.4, 0.5) is 0 Å². The van der Waals surface area contributed by atoms with Crippen LogP contribution in [-0.4, -0.2) is 16.7 Å². The highest BCUT2D eigenvalue weighted by Gasteiger charge is 2.08. The first-order chi connectivity index (χ1) is 10.6. The molecule has 3 rings (SSSR count). The Balaban J connectivity index is 2.09. The van der Waals surface area contributed by atoms with Crippen molar-refractivity contribution < 1.29 is 4.74 Å². The van der Waals surface area contributed by atoms with E-state index in [0.717, 1.165) is 16.9 Å². The molecule has 2 aromatic carbocycles. The number of hydrogen-bond acceptors (Lipinski definition) is 3. The Morgan fingerprint density at radius 2 is 1.82 bits per heavy atom. The van der Waals surface area contributed by atoms with Gasteiger partial charge in [0.25, 0.3) is 5.56 Å². The summed E-state index contributed by atoms with van der Waals surface area (Å²) in [6.07, 6.45) is 0. The summed E-state index contributed by atoms with van der Waals surface area (Å²) in [5.74, 6) is 0.735. The summed E-state index contributed by atoms with van der Waals surface area (Å²) >= 11 is 0. The Kier molecular flexibility index (Phi) is 3.55. The van der Waals surface area contributed by atoms with Gasteiger partial charge >= 0.3 is 5.69 Å². The predicted octanol–water partition coefficient (Wildman–Crippen LogP) is 2.06. The molecule has 3 aromatic rings. The Labute approximate surface area is 126 Å². The Hall–Kier alpha value is -2.82. The van der Waals surface area contributed by atoms with E-state index in [4.69, 9.17) is 4.74 Å². The number of rotatable bonds is 3. The van der Waals surface area contributed by atoms with E-state index in [9.17, 15) is 9.59 Å². The van der Waals surface area contributed by atoms with Crippen LogP contribution in [0.3, 0.4) is 0 Å². The number of aromatic nitrogens is 2. The van der Waals surface area contributed by atoms with Crippen LogP contribution < -0.4 is 16.0 Å². The smallest absolute Gasteiger partial charge is 0.329 e. The van der Waals surface area contributed by atoms with Gasteiger partial charge in [-0.25, -0.2) is 4.79 Å². The van der Waals surface area contributed by atoms with E-state index in [0.29, 0.717) is 10.9 Å². The minimum absolute atomic E-state index is 0.224. The zero-order chi connectivity index (χ0) is 15.7. The highest BCUT2D eigenvalue weighted by Crippen LogP contribution is 2.12. The van der Waals surface area contributed by atoms with Gasteiger partial charge in [0.05, 0.1) is 24.6 Å². The molecule has 22 heavy (non-hydrogen) atoms. The summed E-state index contributed by atoms with van der Waals surface area (Å²) in [6.45, 7) is 2.14. The fourth-order valence-electron chi connectivity index (χ4n) is 2.42. The zero-order valence-electron chi connectivity index (χ0n) is 12.4. The van der Waals surface area contributed by atoms with Crippen LogP contribution in [0.15, 0.2) is 52.1 Å². The third kappa shape index (κ3) is 2.53. The number of benzene rings is 2. The minimum Gasteiger partial charge on any atom is -0.497 e. The van der Waals surface area contributed by atoms with Crippen LogP contribution in [0, 0.1) is 6.92 Å². The number of fused-ring (bicyclic) bond motifs is 1. The first-order valence-electron chi connectivity index (χ1n) is 6.95. The zero-order valence-corrected chi connectivity index (χ0v) is 12.4. The van der Waals surface area contributed by atoms with Gasteiger partial charge in [-0.2, -0.15) is 0 Å². The average molecular weight is 296 g/mol. The van der Waals surface area contributed by atoms with Gasteiger partial charge in [-0.1, -0.05) is 23.8 Å². The number of ether oxygens (including phenoxy) is 1. The van der Waals surface area contributed by atoms with Gasteiger partial charge in [-0.15, -0.1) is 0 Å². The lowest BCUT2D eigenvalue weighted by Gasteiger charge is -2.08. The second-order valence-electron chi connectivity index (χ2n) is 5.22. The summed E-state index contributed by atoms with van der Waals surface area (Å²) in [4.78, 5) is 27.4. The van der Waals surface area contributed by atoms with Crippen LogP contribution in [0.1, 0.15) is 11.1 Å². The second-order valence-corrected chi connectivity index (χ2v) is 5.22. The van der Waals surface area contributed by atoms with Crippen LogP contribution in [0.5, 0.6) is 5.75 Å². The molecule has 1 aromatic heterocycles. The molecule has 0 saturated carbocycles. The number of nitrogens with zero attached hydrogens (tertiary/aromatic N) is 1. The van der Waals surface area contributed by atoms with Crippen LogP contribution in [0.25, 0.3) is 10.9 Å². The Morgan fingerprint density at radius 1 is 1.09 bits per heavy atom. The van der Waals surface area contributed by atoms with E-state index in [1.165, 1.54) is 4.57 Å². The average Bonchev–Trinajstić information content (AvgIpc) is 2.53. The van der Waals surface area contributed by atoms with Crippen molar-refractivity contribution in [3.63, 3.8) is 0 Å². The van der Waals surface area contributed by atoms with Crippen molar-refractivity contribution in [3.05, 3.63) is 74.4 Å². The quantitative estimate of drug-likeness (QED) is 0.804. The van der Waals surface area contributed by atoms with E-state index >= 15 is 0 Å². The summed E-state index contributed by atoms with van der Waals surface area (Å²) in [5.41, 5.74) is 1.72. The largest absolute Gasteiger partial charge is 0.497 e. The van der Waals surface area contributed by atoms with Gasteiger partial charge in [-0.3, -0.25) is 9.36 Å². The van der Waals surface area contributed by atoms with Gasteiger partial charge < -0.3 is 9.72 Å². The summed E-state index contributed by atoms with van der Waals surface area (Å²) in [6, 6.07) is 12.7. The van der Waals surface area contributed by atoms with Crippen molar-refractivity contribution in [3.8, 4) is 5.75 Å². The minimum atomic E-state index is -0.405. The lowest BCUT2D eigenvalue weighted by molar-refractivity contribution is 0.414. The van der Waals surface area contributed by atoms with Crippen molar-refractivity contribution in [1.82, 2.24) is 9.55 Å². The number of aryl methyl sites for hydroxylation is 1. The molecule has 0 aliphatic heterocycles. The molecule has 0 aliphatic carbocycles. The molecule has 5 heteroatoms. The van der Waals surface area contributed by atoms with E-state index in [2.05, 4.69) is 4.98 Å². The van der Waals surface area contributed by atoms with E-state index in [-0.39, 0.29) is 12.1 Å². The molecule has 0 aliphatic rings. The normalized spacial score (nSPS) is 10.8. The van der Waals surface area contributed by atoms with Crippen molar-refractivity contribution in [1.29, 1.82) is 0 Å². The summed E-state index contributed by atoms with van der Waals surface area (Å²) in [5, 5.41) is 0.521. The molecule has 0 saturated heterocycles. The van der Waals surface area contributed by atoms with E-state index in [1.807, 2.05) is 25.1 Å². The van der Waals surface area contributed by atoms with Crippen LogP contribution >= 0.6 is 0 Å². The van der Waals surface area contributed by atoms with Crippen LogP contribution in [-0.2, 0) is 6.54 Å². The van der Waals surface area contributed by atoms with Crippen molar-refractivity contribution >= 4 is 10.9 Å². The molecule has 0 bridgehead atoms. The number of H-pyrrole nitrogens is 1. The predicted molar refractivity (Wildman–Crippen MR) is 85.7 cm³/mol. The number of nitrogens with one attached hydrogen (secondary N) is 1. The molecule has 1 heterocycles. The van der Waals surface area contributed by atoms with E-state index < -0.39 is 5.69 Å². The molecule has 0 fully saturated rings. The number of hydrogen-bond donors (Lipinski definition) is 1. The Morgan fingerprint density at radius 3 is 2.50 bits per heavy atom. The molecule has 5 nitrogen and oxygen atoms in total. The molecule has 0 unspecified atom stereocenters. The second kappa shape index (κ2) is 5.52. The highest BCUT2D eigenvalue weighted by molar-refractivity contribution is 5.77. The lowest BCUT2D eigenvalue weighted by Crippen LogP contribution is -2.35. The first-order valence-corrected chi connectivity index (χ1v) is 6.95. The summed E-state index contributed by atoms with van der Waals surface area (Å²) in [7, 11) is 1.59. The first kappa shape index (κ1) is 14.1. The van der Waals surface area contributed by atoms with E-state index in [1.54, 1.807) is 31.4 Å². The maximum Gasteiger partial charge on any atom is 0.329 e. The maximum absolute atomic E-state index is 12.5. The van der Waals surface area contributed by atoms with Gasteiger partial charge in [0.2, 0.25) is 0 Å². The van der Waals surface area contributed by atoms with Crippen molar-refractivity contribution in [2.24, 2.45) is 0 Å². The van der Waals surface area contributed by atoms with Gasteiger partial charge in [-0.05, 0) is 36.8 Å². The fraction of sp³-hybridized carbons (Fsp3) is 0.176. The van der Waals surface area contributed by atoms with Crippen molar-refractivity contribution in [2.45, 2.75) is 13.5 Å². The molecule has 0 radical (unpaired) electrons. The lowest BCUT2D eigenvalue weighted by atomic mass is 10.1. The molecular weight excluding hydrogens is 280 g/mol. The number of aromatic amines is 1. The summed E-state index contributed by atoms with van der Waals surface area (Å²) < 4.78 is 6.31.